The standard InChI is InChI=1S/C14H20N2O/c1-9-4-7-13(16-11(3)17)8-14(9)15-10(2)12-5-6-12/h4,7-8,10,12,15H,5-6H2,1-3H3,(H,16,17). The van der Waals surface area contributed by atoms with Gasteiger partial charge >= 0.3 is 0 Å². The molecule has 2 N–H and O–H groups in total. The van der Waals surface area contributed by atoms with Gasteiger partial charge in [0.2, 0.25) is 5.91 Å². The fourth-order valence-electron chi connectivity index (χ4n) is 2.02. The normalized spacial score (nSPS) is 16.4. The number of anilines is 2. The van der Waals surface area contributed by atoms with E-state index in [-0.39, 0.29) is 5.91 Å². The molecule has 1 aromatic rings. The number of carbonyl (C=O) groups excluding carboxylic acids is 1. The van der Waals surface area contributed by atoms with Gasteiger partial charge in [0.1, 0.15) is 0 Å². The molecule has 0 spiro atoms. The van der Waals surface area contributed by atoms with Crippen LogP contribution in [0.3, 0.4) is 0 Å². The summed E-state index contributed by atoms with van der Waals surface area (Å²) in [6, 6.07) is 6.49. The second-order valence-corrected chi connectivity index (χ2v) is 4.98. The van der Waals surface area contributed by atoms with E-state index in [1.165, 1.54) is 25.3 Å². The van der Waals surface area contributed by atoms with E-state index in [0.717, 1.165) is 17.3 Å². The maximum atomic E-state index is 11.0. The molecule has 0 heterocycles. The Hall–Kier alpha value is -1.51. The van der Waals surface area contributed by atoms with Crippen LogP contribution < -0.4 is 10.6 Å². The number of hydrogen-bond donors (Lipinski definition) is 2. The molecule has 0 saturated heterocycles. The number of nitrogens with one attached hydrogen (secondary N) is 2. The van der Waals surface area contributed by atoms with E-state index in [2.05, 4.69) is 24.5 Å². The van der Waals surface area contributed by atoms with Gasteiger partial charge in [-0.25, -0.2) is 0 Å². The van der Waals surface area contributed by atoms with Crippen molar-refractivity contribution in [3.63, 3.8) is 0 Å². The lowest BCUT2D eigenvalue weighted by Crippen LogP contribution is -2.18. The van der Waals surface area contributed by atoms with Gasteiger partial charge in [-0.3, -0.25) is 4.79 Å². The molecule has 1 unspecified atom stereocenters. The lowest BCUT2D eigenvalue weighted by Gasteiger charge is -2.17. The van der Waals surface area contributed by atoms with E-state index in [1.54, 1.807) is 0 Å². The van der Waals surface area contributed by atoms with Gasteiger partial charge in [0.25, 0.3) is 0 Å². The van der Waals surface area contributed by atoms with Gasteiger partial charge in [-0.2, -0.15) is 0 Å². The van der Waals surface area contributed by atoms with Crippen LogP contribution in [0.1, 0.15) is 32.3 Å². The monoisotopic (exact) mass is 232 g/mol. The van der Waals surface area contributed by atoms with E-state index in [4.69, 9.17) is 0 Å². The molecule has 0 aromatic heterocycles. The quantitative estimate of drug-likeness (QED) is 0.837. The molecule has 1 aromatic carbocycles. The van der Waals surface area contributed by atoms with E-state index in [9.17, 15) is 4.79 Å². The Morgan fingerprint density at radius 1 is 1.41 bits per heavy atom. The highest BCUT2D eigenvalue weighted by Gasteiger charge is 2.27. The average Bonchev–Trinajstić information content (AvgIpc) is 3.05. The Kier molecular flexibility index (Phi) is 3.36. The van der Waals surface area contributed by atoms with Crippen LogP contribution in [0.2, 0.25) is 0 Å². The first-order valence-electron chi connectivity index (χ1n) is 6.21. The molecule has 2 rings (SSSR count). The number of hydrogen-bond acceptors (Lipinski definition) is 2. The van der Waals surface area contributed by atoms with Crippen molar-refractivity contribution in [2.75, 3.05) is 10.6 Å². The first-order valence-corrected chi connectivity index (χ1v) is 6.21. The van der Waals surface area contributed by atoms with Crippen molar-refractivity contribution < 1.29 is 4.79 Å². The maximum Gasteiger partial charge on any atom is 0.221 e. The molecule has 17 heavy (non-hydrogen) atoms. The van der Waals surface area contributed by atoms with Crippen LogP contribution >= 0.6 is 0 Å². The van der Waals surface area contributed by atoms with Crippen molar-refractivity contribution in [1.82, 2.24) is 0 Å². The number of carbonyl (C=O) groups is 1. The van der Waals surface area contributed by atoms with Crippen LogP contribution in [0, 0.1) is 12.8 Å². The van der Waals surface area contributed by atoms with Crippen LogP contribution in [0.5, 0.6) is 0 Å². The van der Waals surface area contributed by atoms with Crippen LogP contribution in [0.4, 0.5) is 11.4 Å². The highest BCUT2D eigenvalue weighted by molar-refractivity contribution is 5.89. The average molecular weight is 232 g/mol. The van der Waals surface area contributed by atoms with Gasteiger partial charge in [0, 0.05) is 24.3 Å². The zero-order valence-electron chi connectivity index (χ0n) is 10.7. The molecule has 1 amide bonds. The predicted octanol–water partition coefficient (Wildman–Crippen LogP) is 3.16. The molecule has 92 valence electrons. The van der Waals surface area contributed by atoms with E-state index in [0.29, 0.717) is 6.04 Å². The Morgan fingerprint density at radius 3 is 2.71 bits per heavy atom. The first-order chi connectivity index (χ1) is 8.06. The molecular formula is C14H20N2O. The van der Waals surface area contributed by atoms with Crippen LogP contribution in [-0.4, -0.2) is 11.9 Å². The Labute approximate surface area is 103 Å². The summed E-state index contributed by atoms with van der Waals surface area (Å²) in [6.07, 6.45) is 2.66. The molecule has 0 bridgehead atoms. The molecule has 1 fully saturated rings. The third-order valence-corrected chi connectivity index (χ3v) is 3.27. The summed E-state index contributed by atoms with van der Waals surface area (Å²) in [5, 5.41) is 6.35. The summed E-state index contributed by atoms with van der Waals surface area (Å²) >= 11 is 0. The molecule has 0 aliphatic heterocycles. The number of benzene rings is 1. The van der Waals surface area contributed by atoms with Crippen molar-refractivity contribution in [1.29, 1.82) is 0 Å². The third kappa shape index (κ3) is 3.22. The Balaban J connectivity index is 2.10. The maximum absolute atomic E-state index is 11.0. The fourth-order valence-corrected chi connectivity index (χ4v) is 2.02. The van der Waals surface area contributed by atoms with Gasteiger partial charge in [0.05, 0.1) is 0 Å². The lowest BCUT2D eigenvalue weighted by molar-refractivity contribution is -0.114. The Morgan fingerprint density at radius 2 is 2.12 bits per heavy atom. The van der Waals surface area contributed by atoms with Crippen molar-refractivity contribution in [2.24, 2.45) is 5.92 Å². The van der Waals surface area contributed by atoms with Crippen LogP contribution in [0.15, 0.2) is 18.2 Å². The molecular weight excluding hydrogens is 212 g/mol. The summed E-state index contributed by atoms with van der Waals surface area (Å²) in [7, 11) is 0. The van der Waals surface area contributed by atoms with E-state index < -0.39 is 0 Å². The number of aryl methyl sites for hydroxylation is 1. The fraction of sp³-hybridized carbons (Fsp3) is 0.500. The summed E-state index contributed by atoms with van der Waals surface area (Å²) in [5.74, 6) is 0.786. The van der Waals surface area contributed by atoms with Crippen molar-refractivity contribution in [2.45, 2.75) is 39.7 Å². The molecule has 1 atom stereocenters. The summed E-state index contributed by atoms with van der Waals surface area (Å²) in [4.78, 5) is 11.0. The largest absolute Gasteiger partial charge is 0.382 e. The molecule has 1 aliphatic rings. The first kappa shape index (κ1) is 12.0. The van der Waals surface area contributed by atoms with Gasteiger partial charge in [-0.1, -0.05) is 6.07 Å². The minimum Gasteiger partial charge on any atom is -0.382 e. The summed E-state index contributed by atoms with van der Waals surface area (Å²) < 4.78 is 0. The SMILES string of the molecule is CC(=O)Nc1ccc(C)c(NC(C)C2CC2)c1. The van der Waals surface area contributed by atoms with Crippen molar-refractivity contribution in [3.05, 3.63) is 23.8 Å². The molecule has 3 nitrogen and oxygen atoms in total. The molecule has 3 heteroatoms. The topological polar surface area (TPSA) is 41.1 Å². The lowest BCUT2D eigenvalue weighted by atomic mass is 10.1. The van der Waals surface area contributed by atoms with Crippen molar-refractivity contribution in [3.8, 4) is 0 Å². The third-order valence-electron chi connectivity index (χ3n) is 3.27. The van der Waals surface area contributed by atoms with Crippen LogP contribution in [-0.2, 0) is 4.79 Å². The van der Waals surface area contributed by atoms with E-state index >= 15 is 0 Å². The number of rotatable bonds is 4. The number of amides is 1. The zero-order valence-corrected chi connectivity index (χ0v) is 10.7. The van der Waals surface area contributed by atoms with Gasteiger partial charge in [0.15, 0.2) is 0 Å². The van der Waals surface area contributed by atoms with Gasteiger partial charge in [-0.05, 0) is 50.3 Å². The molecule has 0 radical (unpaired) electrons. The highest BCUT2D eigenvalue weighted by atomic mass is 16.1. The minimum atomic E-state index is -0.0324. The highest BCUT2D eigenvalue weighted by Crippen LogP contribution is 2.34. The summed E-state index contributed by atoms with van der Waals surface area (Å²) in [5.41, 5.74) is 3.19. The van der Waals surface area contributed by atoms with Crippen molar-refractivity contribution >= 4 is 17.3 Å². The molecule has 1 saturated carbocycles. The van der Waals surface area contributed by atoms with Gasteiger partial charge < -0.3 is 10.6 Å². The minimum absolute atomic E-state index is 0.0324. The molecule has 1 aliphatic carbocycles. The Bertz CT molecular complexity index is 424. The van der Waals surface area contributed by atoms with Crippen LogP contribution in [0.25, 0.3) is 0 Å². The van der Waals surface area contributed by atoms with Gasteiger partial charge in [-0.15, -0.1) is 0 Å². The zero-order chi connectivity index (χ0) is 12.4. The second kappa shape index (κ2) is 4.78. The smallest absolute Gasteiger partial charge is 0.221 e. The predicted molar refractivity (Wildman–Crippen MR) is 71.3 cm³/mol. The van der Waals surface area contributed by atoms with E-state index in [1.807, 2.05) is 18.2 Å². The summed E-state index contributed by atoms with van der Waals surface area (Å²) in [6.45, 7) is 5.83. The second-order valence-electron chi connectivity index (χ2n) is 4.98.